The summed E-state index contributed by atoms with van der Waals surface area (Å²) in [6.45, 7) is 5.33. The van der Waals surface area contributed by atoms with Gasteiger partial charge < -0.3 is 19.9 Å². The van der Waals surface area contributed by atoms with Gasteiger partial charge in [0.15, 0.2) is 0 Å². The predicted molar refractivity (Wildman–Crippen MR) is 120 cm³/mol. The van der Waals surface area contributed by atoms with E-state index in [1.54, 1.807) is 19.2 Å². The Morgan fingerprint density at radius 3 is 2.33 bits per heavy atom. The molecule has 0 unspecified atom stereocenters. The van der Waals surface area contributed by atoms with Gasteiger partial charge in [0.2, 0.25) is 5.91 Å². The van der Waals surface area contributed by atoms with E-state index in [1.807, 2.05) is 41.3 Å². The monoisotopic (exact) mass is 409 g/mol. The van der Waals surface area contributed by atoms with Crippen LogP contribution in [-0.2, 0) is 4.79 Å². The zero-order valence-electron chi connectivity index (χ0n) is 17.9. The largest absolute Gasteiger partial charge is 0.496 e. The van der Waals surface area contributed by atoms with Crippen LogP contribution in [0.5, 0.6) is 5.75 Å². The Labute approximate surface area is 178 Å². The molecule has 0 aliphatic carbocycles. The maximum Gasteiger partial charge on any atom is 0.259 e. The average molecular weight is 410 g/mol. The number of unbranched alkanes of at least 4 members (excludes halogenated alkanes) is 2. The molecule has 0 saturated carbocycles. The van der Waals surface area contributed by atoms with E-state index < -0.39 is 0 Å². The molecule has 2 aromatic carbocycles. The second-order valence-electron chi connectivity index (χ2n) is 7.53. The lowest BCUT2D eigenvalue weighted by Gasteiger charge is -2.36. The summed E-state index contributed by atoms with van der Waals surface area (Å²) in [5.74, 6) is 0.627. The lowest BCUT2D eigenvalue weighted by atomic mass is 10.1. The molecule has 1 heterocycles. The lowest BCUT2D eigenvalue weighted by molar-refractivity contribution is -0.131. The predicted octanol–water partition coefficient (Wildman–Crippen LogP) is 4.18. The second kappa shape index (κ2) is 10.7. The number of nitrogens with zero attached hydrogens (tertiary/aromatic N) is 2. The van der Waals surface area contributed by atoms with Crippen molar-refractivity contribution in [3.05, 3.63) is 54.1 Å². The number of hydrogen-bond donors (Lipinski definition) is 1. The van der Waals surface area contributed by atoms with Gasteiger partial charge in [-0.25, -0.2) is 0 Å². The number of rotatable bonds is 8. The SMILES string of the molecule is CCCCCC(=O)N1CCN(c2ccc(NC(=O)c3ccccc3OC)cc2)CC1. The molecular weight excluding hydrogens is 378 g/mol. The van der Waals surface area contributed by atoms with Gasteiger partial charge in [-0.1, -0.05) is 31.9 Å². The number of para-hydroxylation sites is 1. The maximum absolute atomic E-state index is 12.5. The van der Waals surface area contributed by atoms with Gasteiger partial charge in [-0.15, -0.1) is 0 Å². The van der Waals surface area contributed by atoms with Crippen LogP contribution in [0.3, 0.4) is 0 Å². The minimum Gasteiger partial charge on any atom is -0.496 e. The molecule has 0 atom stereocenters. The summed E-state index contributed by atoms with van der Waals surface area (Å²) in [7, 11) is 1.55. The first-order valence-electron chi connectivity index (χ1n) is 10.7. The molecule has 6 nitrogen and oxygen atoms in total. The standard InChI is InChI=1S/C24H31N3O3/c1-3-4-5-10-23(28)27-17-15-26(16-18-27)20-13-11-19(12-14-20)25-24(29)21-8-6-7-9-22(21)30-2/h6-9,11-14H,3-5,10,15-18H2,1-2H3,(H,25,29). The van der Waals surface area contributed by atoms with Crippen molar-refractivity contribution >= 4 is 23.2 Å². The summed E-state index contributed by atoms with van der Waals surface area (Å²) >= 11 is 0. The van der Waals surface area contributed by atoms with Crippen LogP contribution < -0.4 is 15.0 Å². The first kappa shape index (κ1) is 21.7. The van der Waals surface area contributed by atoms with Crippen molar-refractivity contribution in [2.24, 2.45) is 0 Å². The molecule has 0 bridgehead atoms. The summed E-state index contributed by atoms with van der Waals surface area (Å²) in [5, 5.41) is 2.92. The molecule has 2 aromatic rings. The highest BCUT2D eigenvalue weighted by molar-refractivity contribution is 6.06. The third-order valence-corrected chi connectivity index (χ3v) is 5.47. The fourth-order valence-corrected chi connectivity index (χ4v) is 3.68. The molecule has 0 aromatic heterocycles. The van der Waals surface area contributed by atoms with Crippen LogP contribution in [0, 0.1) is 0 Å². The fraction of sp³-hybridized carbons (Fsp3) is 0.417. The third kappa shape index (κ3) is 5.53. The van der Waals surface area contributed by atoms with Crippen molar-refractivity contribution in [2.75, 3.05) is 43.5 Å². The van der Waals surface area contributed by atoms with Crippen LogP contribution in [0.4, 0.5) is 11.4 Å². The van der Waals surface area contributed by atoms with Gasteiger partial charge in [0.1, 0.15) is 5.75 Å². The summed E-state index contributed by atoms with van der Waals surface area (Å²) < 4.78 is 5.26. The Morgan fingerprint density at radius 2 is 1.67 bits per heavy atom. The Hall–Kier alpha value is -3.02. The molecule has 2 amide bonds. The van der Waals surface area contributed by atoms with E-state index in [1.165, 1.54) is 0 Å². The van der Waals surface area contributed by atoms with Gasteiger partial charge >= 0.3 is 0 Å². The number of carbonyl (C=O) groups is 2. The molecule has 1 aliphatic rings. The number of piperazine rings is 1. The van der Waals surface area contributed by atoms with Gasteiger partial charge in [-0.3, -0.25) is 9.59 Å². The summed E-state index contributed by atoms with van der Waals surface area (Å²) in [4.78, 5) is 29.1. The highest BCUT2D eigenvalue weighted by Crippen LogP contribution is 2.22. The minimum atomic E-state index is -0.199. The van der Waals surface area contributed by atoms with Gasteiger partial charge in [-0.2, -0.15) is 0 Å². The van der Waals surface area contributed by atoms with E-state index in [0.717, 1.165) is 56.8 Å². The van der Waals surface area contributed by atoms with Crippen LogP contribution in [-0.4, -0.2) is 50.0 Å². The molecule has 6 heteroatoms. The van der Waals surface area contributed by atoms with Crippen molar-refractivity contribution in [3.8, 4) is 5.75 Å². The van der Waals surface area contributed by atoms with Crippen molar-refractivity contribution in [2.45, 2.75) is 32.6 Å². The van der Waals surface area contributed by atoms with Crippen LogP contribution in [0.1, 0.15) is 43.0 Å². The van der Waals surface area contributed by atoms with Gasteiger partial charge in [0, 0.05) is 44.0 Å². The van der Waals surface area contributed by atoms with E-state index in [0.29, 0.717) is 17.7 Å². The average Bonchev–Trinajstić information content (AvgIpc) is 2.79. The molecule has 1 N–H and O–H groups in total. The third-order valence-electron chi connectivity index (χ3n) is 5.47. The Kier molecular flexibility index (Phi) is 7.71. The number of amides is 2. The highest BCUT2D eigenvalue weighted by Gasteiger charge is 2.21. The van der Waals surface area contributed by atoms with Crippen LogP contribution in [0.15, 0.2) is 48.5 Å². The molecule has 0 spiro atoms. The van der Waals surface area contributed by atoms with Crippen molar-refractivity contribution in [3.63, 3.8) is 0 Å². The summed E-state index contributed by atoms with van der Waals surface area (Å²) in [6.07, 6.45) is 3.90. The smallest absolute Gasteiger partial charge is 0.259 e. The van der Waals surface area contributed by atoms with Crippen LogP contribution in [0.25, 0.3) is 0 Å². The second-order valence-corrected chi connectivity index (χ2v) is 7.53. The molecule has 0 radical (unpaired) electrons. The number of ether oxygens (including phenoxy) is 1. The van der Waals surface area contributed by atoms with E-state index in [-0.39, 0.29) is 11.8 Å². The zero-order valence-corrected chi connectivity index (χ0v) is 17.9. The molecule has 1 saturated heterocycles. The van der Waals surface area contributed by atoms with Crippen molar-refractivity contribution in [1.82, 2.24) is 4.90 Å². The van der Waals surface area contributed by atoms with Crippen LogP contribution >= 0.6 is 0 Å². The number of carbonyl (C=O) groups excluding carboxylic acids is 2. The first-order chi connectivity index (χ1) is 14.6. The number of methoxy groups -OCH3 is 1. The molecule has 3 rings (SSSR count). The van der Waals surface area contributed by atoms with Gasteiger partial charge in [-0.05, 0) is 42.8 Å². The lowest BCUT2D eigenvalue weighted by Crippen LogP contribution is -2.48. The topological polar surface area (TPSA) is 61.9 Å². The van der Waals surface area contributed by atoms with E-state index in [9.17, 15) is 9.59 Å². The summed E-state index contributed by atoms with van der Waals surface area (Å²) in [5.41, 5.74) is 2.34. The van der Waals surface area contributed by atoms with E-state index in [4.69, 9.17) is 4.74 Å². The van der Waals surface area contributed by atoms with Gasteiger partial charge in [0.25, 0.3) is 5.91 Å². The Balaban J connectivity index is 1.53. The molecule has 30 heavy (non-hydrogen) atoms. The Bertz CT molecular complexity index is 843. The normalized spacial score (nSPS) is 13.8. The quantitative estimate of drug-likeness (QED) is 0.665. The highest BCUT2D eigenvalue weighted by atomic mass is 16.5. The number of nitrogens with one attached hydrogen (secondary N) is 1. The first-order valence-corrected chi connectivity index (χ1v) is 10.7. The van der Waals surface area contributed by atoms with Crippen LogP contribution in [0.2, 0.25) is 0 Å². The van der Waals surface area contributed by atoms with E-state index in [2.05, 4.69) is 17.1 Å². The number of benzene rings is 2. The van der Waals surface area contributed by atoms with Crippen molar-refractivity contribution in [1.29, 1.82) is 0 Å². The molecule has 160 valence electrons. The molecule has 1 aliphatic heterocycles. The zero-order chi connectivity index (χ0) is 21.3. The maximum atomic E-state index is 12.5. The van der Waals surface area contributed by atoms with Crippen molar-refractivity contribution < 1.29 is 14.3 Å². The number of anilines is 2. The fourth-order valence-electron chi connectivity index (χ4n) is 3.68. The Morgan fingerprint density at radius 1 is 0.967 bits per heavy atom. The minimum absolute atomic E-state index is 0.199. The number of hydrogen-bond acceptors (Lipinski definition) is 4. The van der Waals surface area contributed by atoms with Gasteiger partial charge in [0.05, 0.1) is 12.7 Å². The molecule has 1 fully saturated rings. The summed E-state index contributed by atoms with van der Waals surface area (Å²) in [6, 6.07) is 15.0. The van der Waals surface area contributed by atoms with E-state index >= 15 is 0 Å². The molecular formula is C24H31N3O3.